The van der Waals surface area contributed by atoms with Crippen LogP contribution in [0.4, 0.5) is 0 Å². The zero-order chi connectivity index (χ0) is 11.8. The van der Waals surface area contributed by atoms with Crippen LogP contribution in [0.5, 0.6) is 0 Å². The van der Waals surface area contributed by atoms with Gasteiger partial charge in [-0.2, -0.15) is 0 Å². The van der Waals surface area contributed by atoms with Crippen molar-refractivity contribution in [2.45, 2.75) is 38.1 Å². The van der Waals surface area contributed by atoms with Gasteiger partial charge >= 0.3 is 0 Å². The molecule has 0 aromatic carbocycles. The second-order valence-corrected chi connectivity index (χ2v) is 6.28. The minimum atomic E-state index is -0.0475. The van der Waals surface area contributed by atoms with Crippen LogP contribution < -0.4 is 5.32 Å². The first-order chi connectivity index (χ1) is 7.48. The number of nitrogens with zero attached hydrogens (tertiary/aromatic N) is 1. The molecule has 3 nitrogen and oxygen atoms in total. The molecule has 1 unspecified atom stereocenters. The number of nitrogens with one attached hydrogen (secondary N) is 1. The Hall–Kier alpha value is -0.450. The van der Waals surface area contributed by atoms with Crippen LogP contribution in [0.1, 0.15) is 37.9 Å². The van der Waals surface area contributed by atoms with Crippen molar-refractivity contribution < 1.29 is 4.74 Å². The number of likely N-dealkylation sites (N-methyl/N-ethyl adjacent to an activating group) is 1. The van der Waals surface area contributed by atoms with Gasteiger partial charge in [-0.1, -0.05) is 20.8 Å². The van der Waals surface area contributed by atoms with E-state index in [2.05, 4.69) is 31.5 Å². The highest BCUT2D eigenvalue weighted by molar-refractivity contribution is 7.09. The van der Waals surface area contributed by atoms with Crippen molar-refractivity contribution in [1.82, 2.24) is 10.3 Å². The molecule has 1 aromatic heterocycles. The van der Waals surface area contributed by atoms with Crippen molar-refractivity contribution in [3.63, 3.8) is 0 Å². The number of hydrogen-bond donors (Lipinski definition) is 1. The molecule has 1 aliphatic heterocycles. The third kappa shape index (κ3) is 2.01. The molecule has 16 heavy (non-hydrogen) atoms. The number of thiazole rings is 1. The fraction of sp³-hybridized carbons (Fsp3) is 0.750. The maximum absolute atomic E-state index is 5.50. The molecule has 0 spiro atoms. The molecule has 1 N–H and O–H groups in total. The number of aromatic nitrogens is 1. The Kier molecular flexibility index (Phi) is 3.07. The maximum atomic E-state index is 5.50. The van der Waals surface area contributed by atoms with E-state index < -0.39 is 0 Å². The van der Waals surface area contributed by atoms with Gasteiger partial charge < -0.3 is 10.1 Å². The average molecular weight is 240 g/mol. The Bertz CT molecular complexity index is 361. The zero-order valence-corrected chi connectivity index (χ0v) is 11.3. The highest BCUT2D eigenvalue weighted by Crippen LogP contribution is 2.34. The fourth-order valence-electron chi connectivity index (χ4n) is 1.88. The Balaban J connectivity index is 2.30. The minimum absolute atomic E-state index is 0.0475. The van der Waals surface area contributed by atoms with E-state index in [0.717, 1.165) is 24.6 Å². The van der Waals surface area contributed by atoms with Crippen molar-refractivity contribution in [1.29, 1.82) is 0 Å². The standard InChI is InChI=1S/C12H20N2OS/c1-11(2,3)9-7-16-10(14-9)12(13-4)5-6-15-8-12/h7,13H,5-6,8H2,1-4H3. The molecule has 4 heteroatoms. The van der Waals surface area contributed by atoms with Gasteiger partial charge in [0.1, 0.15) is 5.01 Å². The molecule has 1 saturated heterocycles. The third-order valence-electron chi connectivity index (χ3n) is 3.18. The van der Waals surface area contributed by atoms with Crippen LogP contribution in [0.25, 0.3) is 0 Å². The molecule has 0 aliphatic carbocycles. The van der Waals surface area contributed by atoms with Gasteiger partial charge in [0.25, 0.3) is 0 Å². The number of rotatable bonds is 2. The Labute approximate surface area is 101 Å². The lowest BCUT2D eigenvalue weighted by Crippen LogP contribution is -2.40. The van der Waals surface area contributed by atoms with E-state index in [1.165, 1.54) is 5.69 Å². The van der Waals surface area contributed by atoms with Crippen molar-refractivity contribution in [2.75, 3.05) is 20.3 Å². The summed E-state index contributed by atoms with van der Waals surface area (Å²) in [4.78, 5) is 4.78. The average Bonchev–Trinajstić information content (AvgIpc) is 2.86. The first-order valence-corrected chi connectivity index (χ1v) is 6.59. The van der Waals surface area contributed by atoms with Crippen molar-refractivity contribution in [2.24, 2.45) is 0 Å². The Morgan fingerprint density at radius 1 is 1.50 bits per heavy atom. The van der Waals surface area contributed by atoms with Crippen molar-refractivity contribution in [3.05, 3.63) is 16.1 Å². The summed E-state index contributed by atoms with van der Waals surface area (Å²) in [6, 6.07) is 0. The summed E-state index contributed by atoms with van der Waals surface area (Å²) >= 11 is 1.74. The first kappa shape index (κ1) is 12.0. The summed E-state index contributed by atoms with van der Waals surface area (Å²) in [6.45, 7) is 8.15. The third-order valence-corrected chi connectivity index (χ3v) is 4.23. The van der Waals surface area contributed by atoms with Gasteiger partial charge in [0.2, 0.25) is 0 Å². The van der Waals surface area contributed by atoms with Gasteiger partial charge in [-0.25, -0.2) is 4.98 Å². The van der Waals surface area contributed by atoms with E-state index in [-0.39, 0.29) is 11.0 Å². The SMILES string of the molecule is CNC1(c2nc(C(C)(C)C)cs2)CCOC1. The van der Waals surface area contributed by atoms with E-state index >= 15 is 0 Å². The second kappa shape index (κ2) is 4.09. The van der Waals surface area contributed by atoms with Crippen LogP contribution in [0, 0.1) is 0 Å². The van der Waals surface area contributed by atoms with Gasteiger partial charge in [-0.05, 0) is 13.5 Å². The zero-order valence-electron chi connectivity index (χ0n) is 10.5. The van der Waals surface area contributed by atoms with Crippen LogP contribution in [-0.4, -0.2) is 25.2 Å². The quantitative estimate of drug-likeness (QED) is 0.861. The van der Waals surface area contributed by atoms with Gasteiger partial charge in [0.05, 0.1) is 17.8 Å². The fourth-order valence-corrected chi connectivity index (χ4v) is 3.14. The lowest BCUT2D eigenvalue weighted by Gasteiger charge is -2.24. The van der Waals surface area contributed by atoms with E-state index in [0.29, 0.717) is 0 Å². The predicted octanol–water partition coefficient (Wildman–Crippen LogP) is 2.28. The molecule has 0 radical (unpaired) electrons. The van der Waals surface area contributed by atoms with Gasteiger partial charge in [-0.15, -0.1) is 11.3 Å². The highest BCUT2D eigenvalue weighted by Gasteiger charge is 2.38. The minimum Gasteiger partial charge on any atom is -0.379 e. The lowest BCUT2D eigenvalue weighted by atomic mass is 9.93. The van der Waals surface area contributed by atoms with E-state index in [9.17, 15) is 0 Å². The van der Waals surface area contributed by atoms with E-state index in [1.54, 1.807) is 11.3 Å². The summed E-state index contributed by atoms with van der Waals surface area (Å²) in [5.74, 6) is 0. The molecular weight excluding hydrogens is 220 g/mol. The van der Waals surface area contributed by atoms with Crippen LogP contribution in [0.15, 0.2) is 5.38 Å². The largest absolute Gasteiger partial charge is 0.379 e. The Morgan fingerprint density at radius 2 is 2.25 bits per heavy atom. The maximum Gasteiger partial charge on any atom is 0.115 e. The van der Waals surface area contributed by atoms with Crippen molar-refractivity contribution >= 4 is 11.3 Å². The molecule has 90 valence electrons. The smallest absolute Gasteiger partial charge is 0.115 e. The summed E-state index contributed by atoms with van der Waals surface area (Å²) in [7, 11) is 1.99. The molecule has 2 rings (SSSR count). The molecule has 0 saturated carbocycles. The molecule has 2 heterocycles. The van der Waals surface area contributed by atoms with Crippen molar-refractivity contribution in [3.8, 4) is 0 Å². The van der Waals surface area contributed by atoms with E-state index in [1.807, 2.05) is 7.05 Å². The molecular formula is C12H20N2OS. The summed E-state index contributed by atoms with van der Waals surface area (Å²) < 4.78 is 5.50. The predicted molar refractivity (Wildman–Crippen MR) is 67.0 cm³/mol. The first-order valence-electron chi connectivity index (χ1n) is 5.71. The number of hydrogen-bond acceptors (Lipinski definition) is 4. The molecule has 1 aliphatic rings. The van der Waals surface area contributed by atoms with Crippen LogP contribution in [0.3, 0.4) is 0 Å². The van der Waals surface area contributed by atoms with E-state index in [4.69, 9.17) is 9.72 Å². The molecule has 1 aromatic rings. The van der Waals surface area contributed by atoms with Crippen LogP contribution in [0.2, 0.25) is 0 Å². The molecule has 0 bridgehead atoms. The summed E-state index contributed by atoms with van der Waals surface area (Å²) in [6.07, 6.45) is 1.01. The topological polar surface area (TPSA) is 34.2 Å². The molecule has 1 atom stereocenters. The van der Waals surface area contributed by atoms with Gasteiger partial charge in [0, 0.05) is 17.4 Å². The highest BCUT2D eigenvalue weighted by atomic mass is 32.1. The lowest BCUT2D eigenvalue weighted by molar-refractivity contribution is 0.169. The molecule has 1 fully saturated rings. The van der Waals surface area contributed by atoms with Gasteiger partial charge in [-0.3, -0.25) is 0 Å². The monoisotopic (exact) mass is 240 g/mol. The normalized spacial score (nSPS) is 26.2. The second-order valence-electron chi connectivity index (χ2n) is 5.42. The summed E-state index contributed by atoms with van der Waals surface area (Å²) in [5.41, 5.74) is 1.26. The van der Waals surface area contributed by atoms with Gasteiger partial charge in [0.15, 0.2) is 0 Å². The molecule has 0 amide bonds. The van der Waals surface area contributed by atoms with Crippen LogP contribution in [-0.2, 0) is 15.7 Å². The summed E-state index contributed by atoms with van der Waals surface area (Å²) in [5, 5.41) is 6.72. The number of ether oxygens (including phenoxy) is 1. The Morgan fingerprint density at radius 3 is 2.69 bits per heavy atom. The van der Waals surface area contributed by atoms with Crippen LogP contribution >= 0.6 is 11.3 Å².